The number of nitrogens with zero attached hydrogens (tertiary/aromatic N) is 2. The number of carbonyl (C=O) groups excluding carboxylic acids is 1. The van der Waals surface area contributed by atoms with Gasteiger partial charge in [-0.2, -0.15) is 0 Å². The Balaban J connectivity index is 1.29. The predicted octanol–water partition coefficient (Wildman–Crippen LogP) is 5.02. The van der Waals surface area contributed by atoms with Crippen molar-refractivity contribution >= 4 is 22.5 Å². The molecule has 0 unspecified atom stereocenters. The topological polar surface area (TPSA) is 48.6 Å². The maximum Gasteiger partial charge on any atom is 0.270 e. The molecule has 5 nitrogen and oxygen atoms in total. The molecular weight excluding hydrogens is 398 g/mol. The molecule has 0 saturated carbocycles. The number of aromatic amines is 1. The molecule has 2 heterocycles. The van der Waals surface area contributed by atoms with Gasteiger partial charge in [-0.05, 0) is 48.4 Å². The van der Waals surface area contributed by atoms with E-state index in [2.05, 4.69) is 34.1 Å². The Morgan fingerprint density at radius 2 is 1.59 bits per heavy atom. The van der Waals surface area contributed by atoms with E-state index in [1.807, 2.05) is 66.4 Å². The molecule has 1 aliphatic rings. The number of benzene rings is 3. The quantitative estimate of drug-likeness (QED) is 0.489. The van der Waals surface area contributed by atoms with Crippen LogP contribution >= 0.6 is 0 Å². The summed E-state index contributed by atoms with van der Waals surface area (Å²) in [6, 6.07) is 26.5. The van der Waals surface area contributed by atoms with Gasteiger partial charge in [0.1, 0.15) is 18.1 Å². The SMILES string of the molecule is Cc1c(C(=O)N2CCN(c3ccccc3)CC2)[nH]c2ccc(OCc3ccccc3)cc12. The molecule has 5 heteroatoms. The lowest BCUT2D eigenvalue weighted by molar-refractivity contribution is 0.0741. The molecule has 1 aromatic heterocycles. The third-order valence-corrected chi connectivity index (χ3v) is 6.18. The fourth-order valence-electron chi connectivity index (χ4n) is 4.31. The van der Waals surface area contributed by atoms with Crippen LogP contribution in [0.3, 0.4) is 0 Å². The minimum absolute atomic E-state index is 0.0677. The van der Waals surface area contributed by atoms with Crippen LogP contribution in [0.1, 0.15) is 21.6 Å². The molecular formula is C27H27N3O2. The number of hydrogen-bond acceptors (Lipinski definition) is 3. The number of amides is 1. The number of rotatable bonds is 5. The van der Waals surface area contributed by atoms with Crippen molar-refractivity contribution in [2.75, 3.05) is 31.1 Å². The van der Waals surface area contributed by atoms with Crippen molar-refractivity contribution in [3.05, 3.63) is 95.7 Å². The van der Waals surface area contributed by atoms with E-state index in [0.717, 1.165) is 40.9 Å². The highest BCUT2D eigenvalue weighted by atomic mass is 16.5. The first kappa shape index (κ1) is 20.2. The van der Waals surface area contributed by atoms with Crippen LogP contribution in [0.15, 0.2) is 78.9 Å². The van der Waals surface area contributed by atoms with Crippen molar-refractivity contribution < 1.29 is 9.53 Å². The number of fused-ring (bicyclic) bond motifs is 1. The van der Waals surface area contributed by atoms with Gasteiger partial charge in [-0.25, -0.2) is 0 Å². The van der Waals surface area contributed by atoms with E-state index in [9.17, 15) is 4.79 Å². The number of aromatic nitrogens is 1. The first-order valence-electron chi connectivity index (χ1n) is 11.1. The Labute approximate surface area is 188 Å². The van der Waals surface area contributed by atoms with Crippen molar-refractivity contribution in [2.24, 2.45) is 0 Å². The molecule has 1 saturated heterocycles. The van der Waals surface area contributed by atoms with Gasteiger partial charge in [0.2, 0.25) is 0 Å². The molecule has 3 aromatic carbocycles. The van der Waals surface area contributed by atoms with Crippen LogP contribution in [0, 0.1) is 6.92 Å². The van der Waals surface area contributed by atoms with Crippen LogP contribution in [0.2, 0.25) is 0 Å². The van der Waals surface area contributed by atoms with Crippen LogP contribution in [0.4, 0.5) is 5.69 Å². The Hall–Kier alpha value is -3.73. The van der Waals surface area contributed by atoms with Gasteiger partial charge in [0, 0.05) is 42.8 Å². The van der Waals surface area contributed by atoms with E-state index < -0.39 is 0 Å². The highest BCUT2D eigenvalue weighted by Crippen LogP contribution is 2.28. The molecule has 1 aliphatic heterocycles. The van der Waals surface area contributed by atoms with E-state index in [4.69, 9.17) is 4.74 Å². The molecule has 0 radical (unpaired) electrons. The second kappa shape index (κ2) is 8.79. The summed E-state index contributed by atoms with van der Waals surface area (Å²) in [5, 5.41) is 1.03. The lowest BCUT2D eigenvalue weighted by Gasteiger charge is -2.36. The van der Waals surface area contributed by atoms with Crippen LogP contribution < -0.4 is 9.64 Å². The molecule has 5 rings (SSSR count). The van der Waals surface area contributed by atoms with Crippen molar-refractivity contribution in [3.63, 3.8) is 0 Å². The molecule has 0 bridgehead atoms. The van der Waals surface area contributed by atoms with Gasteiger partial charge < -0.3 is 19.5 Å². The third-order valence-electron chi connectivity index (χ3n) is 6.18. The zero-order valence-corrected chi connectivity index (χ0v) is 18.3. The summed E-state index contributed by atoms with van der Waals surface area (Å²) in [5.74, 6) is 0.872. The number of piperazine rings is 1. The molecule has 0 spiro atoms. The summed E-state index contributed by atoms with van der Waals surface area (Å²) in [4.78, 5) is 20.9. The van der Waals surface area contributed by atoms with Crippen LogP contribution in [-0.4, -0.2) is 42.0 Å². The molecule has 1 fully saturated rings. The molecule has 1 N–H and O–H groups in total. The van der Waals surface area contributed by atoms with Gasteiger partial charge >= 0.3 is 0 Å². The van der Waals surface area contributed by atoms with E-state index in [-0.39, 0.29) is 5.91 Å². The van der Waals surface area contributed by atoms with E-state index >= 15 is 0 Å². The van der Waals surface area contributed by atoms with Gasteiger partial charge in [0.05, 0.1) is 0 Å². The summed E-state index contributed by atoms with van der Waals surface area (Å²) < 4.78 is 5.98. The molecule has 32 heavy (non-hydrogen) atoms. The fourth-order valence-corrected chi connectivity index (χ4v) is 4.31. The average molecular weight is 426 g/mol. The fraction of sp³-hybridized carbons (Fsp3) is 0.222. The molecule has 0 aliphatic carbocycles. The van der Waals surface area contributed by atoms with Crippen molar-refractivity contribution in [2.45, 2.75) is 13.5 Å². The van der Waals surface area contributed by atoms with Gasteiger partial charge in [-0.3, -0.25) is 4.79 Å². The first-order chi connectivity index (χ1) is 15.7. The molecule has 4 aromatic rings. The van der Waals surface area contributed by atoms with Gasteiger partial charge in [0.25, 0.3) is 5.91 Å². The van der Waals surface area contributed by atoms with Crippen molar-refractivity contribution in [3.8, 4) is 5.75 Å². The number of anilines is 1. The van der Waals surface area contributed by atoms with Crippen LogP contribution in [-0.2, 0) is 6.61 Å². The lowest BCUT2D eigenvalue weighted by atomic mass is 10.1. The summed E-state index contributed by atoms with van der Waals surface area (Å²) in [5.41, 5.74) is 4.95. The van der Waals surface area contributed by atoms with Crippen LogP contribution in [0.5, 0.6) is 5.75 Å². The minimum atomic E-state index is 0.0677. The Morgan fingerprint density at radius 3 is 2.31 bits per heavy atom. The Kier molecular flexibility index (Phi) is 5.55. The van der Waals surface area contributed by atoms with E-state index in [1.165, 1.54) is 5.69 Å². The van der Waals surface area contributed by atoms with E-state index in [1.54, 1.807) is 0 Å². The smallest absolute Gasteiger partial charge is 0.270 e. The lowest BCUT2D eigenvalue weighted by Crippen LogP contribution is -2.49. The Bertz CT molecular complexity index is 1210. The number of nitrogens with one attached hydrogen (secondary N) is 1. The van der Waals surface area contributed by atoms with Gasteiger partial charge in [-0.1, -0.05) is 48.5 Å². The first-order valence-corrected chi connectivity index (χ1v) is 11.1. The number of carbonyl (C=O) groups is 1. The number of aryl methyl sites for hydroxylation is 1. The zero-order chi connectivity index (χ0) is 21.9. The maximum atomic E-state index is 13.3. The van der Waals surface area contributed by atoms with Crippen LogP contribution in [0.25, 0.3) is 10.9 Å². The molecule has 162 valence electrons. The zero-order valence-electron chi connectivity index (χ0n) is 18.3. The van der Waals surface area contributed by atoms with Gasteiger partial charge in [0.15, 0.2) is 0 Å². The normalized spacial score (nSPS) is 14.0. The summed E-state index contributed by atoms with van der Waals surface area (Å²) in [6.07, 6.45) is 0. The number of H-pyrrole nitrogens is 1. The standard InChI is InChI=1S/C27H27N3O2/c1-20-24-18-23(32-19-21-8-4-2-5-9-21)12-13-25(24)28-26(20)27(31)30-16-14-29(15-17-30)22-10-6-3-7-11-22/h2-13,18,28H,14-17,19H2,1H3. The highest BCUT2D eigenvalue weighted by molar-refractivity contribution is 6.01. The number of hydrogen-bond donors (Lipinski definition) is 1. The Morgan fingerprint density at radius 1 is 0.906 bits per heavy atom. The molecule has 0 atom stereocenters. The predicted molar refractivity (Wildman–Crippen MR) is 128 cm³/mol. The molecule has 1 amide bonds. The minimum Gasteiger partial charge on any atom is -0.489 e. The highest BCUT2D eigenvalue weighted by Gasteiger charge is 2.25. The summed E-state index contributed by atoms with van der Waals surface area (Å²) >= 11 is 0. The largest absolute Gasteiger partial charge is 0.489 e. The monoisotopic (exact) mass is 425 g/mol. The second-order valence-corrected chi connectivity index (χ2v) is 8.22. The number of ether oxygens (including phenoxy) is 1. The van der Waals surface area contributed by atoms with Crippen molar-refractivity contribution in [1.82, 2.24) is 9.88 Å². The van der Waals surface area contributed by atoms with E-state index in [0.29, 0.717) is 25.4 Å². The maximum absolute atomic E-state index is 13.3. The summed E-state index contributed by atoms with van der Waals surface area (Å²) in [6.45, 7) is 5.64. The van der Waals surface area contributed by atoms with Gasteiger partial charge in [-0.15, -0.1) is 0 Å². The average Bonchev–Trinajstić information content (AvgIpc) is 3.19. The third kappa shape index (κ3) is 4.06. The summed E-state index contributed by atoms with van der Waals surface area (Å²) in [7, 11) is 0. The second-order valence-electron chi connectivity index (χ2n) is 8.22. The van der Waals surface area contributed by atoms with Crippen molar-refractivity contribution in [1.29, 1.82) is 0 Å². The number of para-hydroxylation sites is 1.